The number of amides is 1. The van der Waals surface area contributed by atoms with E-state index < -0.39 is 0 Å². The molecule has 1 aliphatic heterocycles. The number of hydrogen-bond donors (Lipinski definition) is 1. The lowest BCUT2D eigenvalue weighted by Gasteiger charge is -2.31. The van der Waals surface area contributed by atoms with Gasteiger partial charge in [0.15, 0.2) is 5.65 Å². The van der Waals surface area contributed by atoms with Gasteiger partial charge in [0.2, 0.25) is 0 Å². The summed E-state index contributed by atoms with van der Waals surface area (Å²) < 4.78 is 13.9. The van der Waals surface area contributed by atoms with Crippen LogP contribution < -0.4 is 5.32 Å². The molecule has 3 heterocycles. The van der Waals surface area contributed by atoms with E-state index in [0.717, 1.165) is 42.6 Å². The van der Waals surface area contributed by atoms with E-state index in [9.17, 15) is 9.18 Å². The van der Waals surface area contributed by atoms with Crippen molar-refractivity contribution >= 4 is 28.3 Å². The summed E-state index contributed by atoms with van der Waals surface area (Å²) in [4.78, 5) is 24.1. The maximum absolute atomic E-state index is 13.9. The molecule has 0 aliphatic carbocycles. The van der Waals surface area contributed by atoms with Crippen LogP contribution in [0, 0.1) is 25.6 Å². The lowest BCUT2D eigenvalue weighted by atomic mass is 9.98. The van der Waals surface area contributed by atoms with E-state index in [4.69, 9.17) is 0 Å². The Morgan fingerprint density at radius 2 is 1.93 bits per heavy atom. The highest BCUT2D eigenvalue weighted by atomic mass is 19.1. The Bertz CT molecular complexity index is 1070. The van der Waals surface area contributed by atoms with E-state index in [1.54, 1.807) is 12.3 Å². The van der Waals surface area contributed by atoms with Crippen LogP contribution in [-0.2, 0) is 0 Å². The Morgan fingerprint density at radius 3 is 2.69 bits per heavy atom. The molecule has 5 nitrogen and oxygen atoms in total. The number of halogens is 1. The average molecular weight is 392 g/mol. The SMILES string of the molecule is Cc1ccc2c(Nc3cc(F)ccc3C)c(C(=O)N3CCC(C)CC3)cnc2n1. The molecule has 6 heteroatoms. The zero-order valence-corrected chi connectivity index (χ0v) is 17.0. The number of pyridine rings is 2. The molecule has 0 unspecified atom stereocenters. The van der Waals surface area contributed by atoms with Crippen molar-refractivity contribution in [2.75, 3.05) is 18.4 Å². The second-order valence-corrected chi connectivity index (χ2v) is 7.93. The third kappa shape index (κ3) is 3.92. The molecular formula is C23H25FN4O. The van der Waals surface area contributed by atoms with Gasteiger partial charge in [-0.25, -0.2) is 14.4 Å². The number of aryl methyl sites for hydroxylation is 2. The molecule has 1 saturated heterocycles. The number of carbonyl (C=O) groups is 1. The number of nitrogens with zero attached hydrogens (tertiary/aromatic N) is 3. The van der Waals surface area contributed by atoms with Crippen molar-refractivity contribution in [3.05, 3.63) is 59.2 Å². The number of anilines is 2. The molecule has 2 aromatic heterocycles. The molecule has 0 atom stereocenters. The Balaban J connectivity index is 1.81. The van der Waals surface area contributed by atoms with Gasteiger partial charge in [-0.2, -0.15) is 0 Å². The van der Waals surface area contributed by atoms with Gasteiger partial charge in [-0.1, -0.05) is 13.0 Å². The van der Waals surface area contributed by atoms with Crippen LogP contribution in [0.15, 0.2) is 36.5 Å². The van der Waals surface area contributed by atoms with Crippen molar-refractivity contribution in [1.29, 1.82) is 0 Å². The first-order chi connectivity index (χ1) is 13.9. The van der Waals surface area contributed by atoms with E-state index >= 15 is 0 Å². The predicted molar refractivity (Wildman–Crippen MR) is 113 cm³/mol. The fourth-order valence-electron chi connectivity index (χ4n) is 3.71. The van der Waals surface area contributed by atoms with Crippen LogP contribution in [0.3, 0.4) is 0 Å². The molecule has 1 amide bonds. The van der Waals surface area contributed by atoms with Crippen LogP contribution in [0.4, 0.5) is 15.8 Å². The number of rotatable bonds is 3. The van der Waals surface area contributed by atoms with Gasteiger partial charge < -0.3 is 10.2 Å². The van der Waals surface area contributed by atoms with Gasteiger partial charge in [-0.3, -0.25) is 4.79 Å². The van der Waals surface area contributed by atoms with Crippen LogP contribution in [0.1, 0.15) is 41.4 Å². The first kappa shape index (κ1) is 19.3. The minimum atomic E-state index is -0.330. The van der Waals surface area contributed by atoms with Crippen molar-refractivity contribution in [3.63, 3.8) is 0 Å². The van der Waals surface area contributed by atoms with E-state index in [1.807, 2.05) is 30.9 Å². The van der Waals surface area contributed by atoms with Gasteiger partial charge >= 0.3 is 0 Å². The Labute approximate surface area is 170 Å². The van der Waals surface area contributed by atoms with Gasteiger partial charge in [0.1, 0.15) is 5.82 Å². The minimum Gasteiger partial charge on any atom is -0.354 e. The molecule has 0 bridgehead atoms. The number of fused-ring (bicyclic) bond motifs is 1. The minimum absolute atomic E-state index is 0.0524. The molecule has 1 aromatic carbocycles. The fraction of sp³-hybridized carbons (Fsp3) is 0.348. The normalized spacial score (nSPS) is 15.0. The van der Waals surface area contributed by atoms with E-state index in [2.05, 4.69) is 22.2 Å². The Morgan fingerprint density at radius 1 is 1.17 bits per heavy atom. The van der Waals surface area contributed by atoms with Crippen LogP contribution in [0.25, 0.3) is 11.0 Å². The molecule has 0 radical (unpaired) electrons. The van der Waals surface area contributed by atoms with Gasteiger partial charge in [-0.05, 0) is 62.4 Å². The van der Waals surface area contributed by atoms with E-state index in [-0.39, 0.29) is 11.7 Å². The molecule has 1 fully saturated rings. The summed E-state index contributed by atoms with van der Waals surface area (Å²) in [6.45, 7) is 7.50. The number of likely N-dealkylation sites (tertiary alicyclic amines) is 1. The van der Waals surface area contributed by atoms with E-state index in [0.29, 0.717) is 28.5 Å². The molecule has 3 aromatic rings. The highest BCUT2D eigenvalue weighted by molar-refractivity contribution is 6.07. The molecule has 29 heavy (non-hydrogen) atoms. The summed E-state index contributed by atoms with van der Waals surface area (Å²) in [5.74, 6) is 0.250. The van der Waals surface area contributed by atoms with Crippen molar-refractivity contribution in [1.82, 2.24) is 14.9 Å². The van der Waals surface area contributed by atoms with Crippen molar-refractivity contribution in [2.24, 2.45) is 5.92 Å². The summed E-state index contributed by atoms with van der Waals surface area (Å²) >= 11 is 0. The summed E-state index contributed by atoms with van der Waals surface area (Å²) in [7, 11) is 0. The van der Waals surface area contributed by atoms with Crippen LogP contribution >= 0.6 is 0 Å². The molecule has 0 saturated carbocycles. The lowest BCUT2D eigenvalue weighted by Crippen LogP contribution is -2.38. The Kier molecular flexibility index (Phi) is 5.18. The second kappa shape index (κ2) is 7.78. The summed E-state index contributed by atoms with van der Waals surface area (Å²) in [5.41, 5.74) is 4.04. The van der Waals surface area contributed by atoms with Crippen molar-refractivity contribution in [2.45, 2.75) is 33.6 Å². The monoisotopic (exact) mass is 392 g/mol. The maximum Gasteiger partial charge on any atom is 0.257 e. The van der Waals surface area contributed by atoms with Gasteiger partial charge in [0.05, 0.1) is 11.3 Å². The largest absolute Gasteiger partial charge is 0.354 e. The fourth-order valence-corrected chi connectivity index (χ4v) is 3.71. The molecular weight excluding hydrogens is 367 g/mol. The highest BCUT2D eigenvalue weighted by Crippen LogP contribution is 2.32. The number of carbonyl (C=O) groups excluding carboxylic acids is 1. The van der Waals surface area contributed by atoms with Gasteiger partial charge in [-0.15, -0.1) is 0 Å². The van der Waals surface area contributed by atoms with Gasteiger partial charge in [0, 0.05) is 36.1 Å². The van der Waals surface area contributed by atoms with Crippen LogP contribution in [-0.4, -0.2) is 33.9 Å². The number of nitrogens with one attached hydrogen (secondary N) is 1. The number of hydrogen-bond acceptors (Lipinski definition) is 4. The summed E-state index contributed by atoms with van der Waals surface area (Å²) in [6, 6.07) is 8.40. The topological polar surface area (TPSA) is 58.1 Å². The summed E-state index contributed by atoms with van der Waals surface area (Å²) in [6.07, 6.45) is 3.59. The molecule has 1 aliphatic rings. The standard InChI is InChI=1S/C23H25FN4O/c1-14-8-10-28(11-9-14)23(29)19-13-25-22-18(7-5-16(3)26-22)21(19)27-20-12-17(24)6-4-15(20)2/h4-7,12-14H,8-11H2,1-3H3,(H,25,26,27). The zero-order chi connectivity index (χ0) is 20.5. The number of benzene rings is 1. The summed E-state index contributed by atoms with van der Waals surface area (Å²) in [5, 5.41) is 4.05. The predicted octanol–water partition coefficient (Wildman–Crippen LogP) is 5.00. The quantitative estimate of drug-likeness (QED) is 0.681. The van der Waals surface area contributed by atoms with Gasteiger partial charge in [0.25, 0.3) is 5.91 Å². The Hall–Kier alpha value is -3.02. The number of aromatic nitrogens is 2. The number of piperidine rings is 1. The molecule has 4 rings (SSSR count). The van der Waals surface area contributed by atoms with Crippen LogP contribution in [0.2, 0.25) is 0 Å². The third-order valence-electron chi connectivity index (χ3n) is 5.63. The maximum atomic E-state index is 13.9. The van der Waals surface area contributed by atoms with Crippen LogP contribution in [0.5, 0.6) is 0 Å². The third-order valence-corrected chi connectivity index (χ3v) is 5.63. The van der Waals surface area contributed by atoms with Crippen molar-refractivity contribution < 1.29 is 9.18 Å². The lowest BCUT2D eigenvalue weighted by molar-refractivity contribution is 0.0698. The first-order valence-electron chi connectivity index (χ1n) is 10.0. The molecule has 1 N–H and O–H groups in total. The highest BCUT2D eigenvalue weighted by Gasteiger charge is 2.25. The van der Waals surface area contributed by atoms with Crippen molar-refractivity contribution in [3.8, 4) is 0 Å². The smallest absolute Gasteiger partial charge is 0.257 e. The first-order valence-corrected chi connectivity index (χ1v) is 10.0. The molecule has 150 valence electrons. The molecule has 0 spiro atoms. The average Bonchev–Trinajstić information content (AvgIpc) is 2.70. The van der Waals surface area contributed by atoms with E-state index in [1.165, 1.54) is 12.1 Å². The zero-order valence-electron chi connectivity index (χ0n) is 17.0. The second-order valence-electron chi connectivity index (χ2n) is 7.93.